The molecule has 5 heteroatoms. The van der Waals surface area contributed by atoms with Crippen molar-refractivity contribution in [3.63, 3.8) is 0 Å². The van der Waals surface area contributed by atoms with Gasteiger partial charge < -0.3 is 16.2 Å². The number of anilines is 2. The van der Waals surface area contributed by atoms with Crippen LogP contribution in [-0.4, -0.2) is 11.0 Å². The minimum absolute atomic E-state index is 0.0214. The molecule has 2 rings (SSSR count). The molecule has 1 amide bonds. The lowest BCUT2D eigenvalue weighted by molar-refractivity contribution is 0.102. The summed E-state index contributed by atoms with van der Waals surface area (Å²) >= 11 is 0. The molecule has 0 aliphatic heterocycles. The number of hydrogen-bond donors (Lipinski definition) is 3. The van der Waals surface area contributed by atoms with Crippen LogP contribution in [0.25, 0.3) is 0 Å². The largest absolute Gasteiger partial charge is 0.508 e. The fourth-order valence-corrected chi connectivity index (χ4v) is 1.45. The molecule has 0 spiro atoms. The van der Waals surface area contributed by atoms with E-state index < -0.39 is 11.7 Å². The lowest BCUT2D eigenvalue weighted by Gasteiger charge is -2.07. The van der Waals surface area contributed by atoms with Gasteiger partial charge in [0.05, 0.1) is 5.69 Å². The zero-order valence-corrected chi connectivity index (χ0v) is 9.35. The predicted octanol–water partition coefficient (Wildman–Crippen LogP) is 2.37. The molecule has 0 heterocycles. The minimum Gasteiger partial charge on any atom is -0.508 e. The molecule has 0 saturated heterocycles. The summed E-state index contributed by atoms with van der Waals surface area (Å²) in [4.78, 5) is 11.8. The molecule has 0 radical (unpaired) electrons. The number of benzene rings is 2. The first kappa shape index (κ1) is 11.9. The van der Waals surface area contributed by atoms with Gasteiger partial charge >= 0.3 is 0 Å². The third-order valence-electron chi connectivity index (χ3n) is 2.37. The van der Waals surface area contributed by atoms with Crippen molar-refractivity contribution in [2.24, 2.45) is 0 Å². The van der Waals surface area contributed by atoms with Gasteiger partial charge in [0.25, 0.3) is 5.91 Å². The fourth-order valence-electron chi connectivity index (χ4n) is 1.45. The number of aromatic hydroxyl groups is 1. The van der Waals surface area contributed by atoms with Crippen LogP contribution >= 0.6 is 0 Å². The summed E-state index contributed by atoms with van der Waals surface area (Å²) in [6, 6.07) is 9.57. The van der Waals surface area contributed by atoms with Gasteiger partial charge in [-0.05, 0) is 42.5 Å². The Bertz CT molecular complexity index is 582. The van der Waals surface area contributed by atoms with Crippen molar-refractivity contribution in [1.82, 2.24) is 0 Å². The second-order valence-corrected chi connectivity index (χ2v) is 3.74. The number of phenolic OH excluding ortho intramolecular Hbond substituents is 1. The number of phenols is 1. The van der Waals surface area contributed by atoms with Gasteiger partial charge in [-0.25, -0.2) is 4.39 Å². The molecule has 18 heavy (non-hydrogen) atoms. The molecule has 2 aromatic carbocycles. The first-order chi connectivity index (χ1) is 8.56. The van der Waals surface area contributed by atoms with Crippen molar-refractivity contribution in [2.75, 3.05) is 11.1 Å². The maximum Gasteiger partial charge on any atom is 0.255 e. The number of rotatable bonds is 2. The number of halogens is 1. The number of amides is 1. The molecule has 0 aliphatic carbocycles. The summed E-state index contributed by atoms with van der Waals surface area (Å²) in [5.74, 6) is -0.975. The average molecular weight is 246 g/mol. The maximum atomic E-state index is 13.4. The standard InChI is InChI=1S/C13H11FN2O2/c14-11-6-3-9(15)7-12(11)16-13(18)8-1-4-10(17)5-2-8/h1-7,17H,15H2,(H,16,18). The summed E-state index contributed by atoms with van der Waals surface area (Å²) in [6.45, 7) is 0. The Hall–Kier alpha value is -2.56. The zero-order chi connectivity index (χ0) is 13.1. The molecule has 4 N–H and O–H groups in total. The second kappa shape index (κ2) is 4.75. The highest BCUT2D eigenvalue weighted by molar-refractivity contribution is 6.04. The van der Waals surface area contributed by atoms with E-state index in [9.17, 15) is 9.18 Å². The van der Waals surface area contributed by atoms with Gasteiger partial charge in [0.1, 0.15) is 11.6 Å². The van der Waals surface area contributed by atoms with Crippen molar-refractivity contribution in [3.8, 4) is 5.75 Å². The van der Waals surface area contributed by atoms with Crippen molar-refractivity contribution in [1.29, 1.82) is 0 Å². The van der Waals surface area contributed by atoms with E-state index in [1.807, 2.05) is 0 Å². The third-order valence-corrected chi connectivity index (χ3v) is 2.37. The van der Waals surface area contributed by atoms with Crippen LogP contribution in [0.15, 0.2) is 42.5 Å². The summed E-state index contributed by atoms with van der Waals surface area (Å²) in [6.07, 6.45) is 0. The second-order valence-electron chi connectivity index (χ2n) is 3.74. The first-order valence-corrected chi connectivity index (χ1v) is 5.21. The summed E-state index contributed by atoms with van der Waals surface area (Å²) in [7, 11) is 0. The van der Waals surface area contributed by atoms with Crippen LogP contribution in [0.1, 0.15) is 10.4 Å². The topological polar surface area (TPSA) is 75.3 Å². The van der Waals surface area contributed by atoms with Gasteiger partial charge in [-0.1, -0.05) is 0 Å². The summed E-state index contributed by atoms with van der Waals surface area (Å²) < 4.78 is 13.4. The molecule has 92 valence electrons. The Labute approximate surface area is 103 Å². The Balaban J connectivity index is 2.21. The van der Waals surface area contributed by atoms with Crippen LogP contribution in [0.5, 0.6) is 5.75 Å². The molecule has 0 unspecified atom stereocenters. The van der Waals surface area contributed by atoms with Gasteiger partial charge in [-0.2, -0.15) is 0 Å². The van der Waals surface area contributed by atoms with Gasteiger partial charge in [0, 0.05) is 11.3 Å². The van der Waals surface area contributed by atoms with Gasteiger partial charge in [-0.3, -0.25) is 4.79 Å². The van der Waals surface area contributed by atoms with Crippen LogP contribution in [0, 0.1) is 5.82 Å². The zero-order valence-electron chi connectivity index (χ0n) is 9.35. The normalized spacial score (nSPS) is 10.1. The molecule has 0 bridgehead atoms. The molecule has 0 aromatic heterocycles. The average Bonchev–Trinajstić information content (AvgIpc) is 2.34. The third kappa shape index (κ3) is 2.57. The fraction of sp³-hybridized carbons (Fsp3) is 0. The van der Waals surface area contributed by atoms with Gasteiger partial charge in [-0.15, -0.1) is 0 Å². The van der Waals surface area contributed by atoms with Crippen LogP contribution in [0.3, 0.4) is 0 Å². The number of hydrogen-bond acceptors (Lipinski definition) is 3. The van der Waals surface area contributed by atoms with E-state index in [-0.39, 0.29) is 11.4 Å². The van der Waals surface area contributed by atoms with Crippen molar-refractivity contribution >= 4 is 17.3 Å². The molecule has 0 aliphatic rings. The first-order valence-electron chi connectivity index (χ1n) is 5.21. The quantitative estimate of drug-likeness (QED) is 0.712. The lowest BCUT2D eigenvalue weighted by atomic mass is 10.2. The SMILES string of the molecule is Nc1ccc(F)c(NC(=O)c2ccc(O)cc2)c1. The number of nitrogens with two attached hydrogens (primary N) is 1. The highest BCUT2D eigenvalue weighted by atomic mass is 19.1. The predicted molar refractivity (Wildman–Crippen MR) is 66.9 cm³/mol. The smallest absolute Gasteiger partial charge is 0.255 e. The van der Waals surface area contributed by atoms with Crippen molar-refractivity contribution in [3.05, 3.63) is 53.8 Å². The number of nitrogen functional groups attached to an aromatic ring is 1. The molecule has 2 aromatic rings. The lowest BCUT2D eigenvalue weighted by Crippen LogP contribution is -2.13. The van der Waals surface area contributed by atoms with Crippen LogP contribution in [0.2, 0.25) is 0 Å². The Morgan fingerprint density at radius 1 is 1.17 bits per heavy atom. The molecule has 0 fully saturated rings. The molecule has 0 saturated carbocycles. The van der Waals surface area contributed by atoms with Crippen LogP contribution in [-0.2, 0) is 0 Å². The van der Waals surface area contributed by atoms with Crippen LogP contribution in [0.4, 0.5) is 15.8 Å². The van der Waals surface area contributed by atoms with Crippen molar-refractivity contribution < 1.29 is 14.3 Å². The van der Waals surface area contributed by atoms with E-state index in [2.05, 4.69) is 5.32 Å². The number of nitrogens with one attached hydrogen (secondary N) is 1. The number of carbonyl (C=O) groups is 1. The van der Waals surface area contributed by atoms with Crippen LogP contribution < -0.4 is 11.1 Å². The Kier molecular flexibility index (Phi) is 3.14. The Morgan fingerprint density at radius 2 is 1.83 bits per heavy atom. The van der Waals surface area contributed by atoms with E-state index in [1.54, 1.807) is 0 Å². The van der Waals surface area contributed by atoms with Gasteiger partial charge in [0.15, 0.2) is 0 Å². The molecular weight excluding hydrogens is 235 g/mol. The highest BCUT2D eigenvalue weighted by Crippen LogP contribution is 2.19. The maximum absolute atomic E-state index is 13.4. The van der Waals surface area contributed by atoms with Gasteiger partial charge in [0.2, 0.25) is 0 Å². The summed E-state index contributed by atoms with van der Waals surface area (Å²) in [5, 5.41) is 11.5. The number of carbonyl (C=O) groups excluding carboxylic acids is 1. The van der Waals surface area contributed by atoms with E-state index >= 15 is 0 Å². The van der Waals surface area contributed by atoms with Crippen molar-refractivity contribution in [2.45, 2.75) is 0 Å². The minimum atomic E-state index is -0.559. The molecular formula is C13H11FN2O2. The highest BCUT2D eigenvalue weighted by Gasteiger charge is 2.09. The van der Waals surface area contributed by atoms with E-state index in [1.165, 1.54) is 42.5 Å². The monoisotopic (exact) mass is 246 g/mol. The molecule has 0 atom stereocenters. The summed E-state index contributed by atoms with van der Waals surface area (Å²) in [5.41, 5.74) is 6.21. The van der Waals surface area contributed by atoms with E-state index in [0.29, 0.717) is 11.3 Å². The van der Waals surface area contributed by atoms with E-state index in [4.69, 9.17) is 10.8 Å². The molecule has 4 nitrogen and oxygen atoms in total. The van der Waals surface area contributed by atoms with E-state index in [0.717, 1.165) is 0 Å². The Morgan fingerprint density at radius 3 is 2.50 bits per heavy atom.